The summed E-state index contributed by atoms with van der Waals surface area (Å²) in [6.07, 6.45) is 0.516. The predicted molar refractivity (Wildman–Crippen MR) is 117 cm³/mol. The zero-order chi connectivity index (χ0) is 21.8. The van der Waals surface area contributed by atoms with E-state index in [1.54, 1.807) is 6.07 Å². The Morgan fingerprint density at radius 2 is 1.87 bits per heavy atom. The number of fused-ring (bicyclic) bond motifs is 2. The lowest BCUT2D eigenvalue weighted by molar-refractivity contribution is 0.171. The molecular weight excluding hydrogens is 416 g/mol. The van der Waals surface area contributed by atoms with Gasteiger partial charge in [0.2, 0.25) is 10.0 Å². The Hall–Kier alpha value is -3.35. The smallest absolute Gasteiger partial charge is 0.240 e. The number of anilines is 1. The van der Waals surface area contributed by atoms with Crippen molar-refractivity contribution in [2.75, 3.05) is 31.6 Å². The van der Waals surface area contributed by atoms with Gasteiger partial charge < -0.3 is 14.8 Å². The second-order valence-corrected chi connectivity index (χ2v) is 8.94. The molecule has 8 nitrogen and oxygen atoms in total. The van der Waals surface area contributed by atoms with Gasteiger partial charge in [0.1, 0.15) is 25.1 Å². The lowest BCUT2D eigenvalue weighted by Crippen LogP contribution is -2.26. The molecule has 0 amide bonds. The molecule has 4 rings (SSSR count). The Morgan fingerprint density at radius 3 is 2.68 bits per heavy atom. The predicted octanol–water partition coefficient (Wildman–Crippen LogP) is 2.97. The third-order valence-electron chi connectivity index (χ3n) is 4.85. The first kappa shape index (κ1) is 20.9. The van der Waals surface area contributed by atoms with E-state index in [1.165, 1.54) is 12.1 Å². The molecule has 2 aromatic carbocycles. The number of nitrogens with one attached hydrogen (secondary N) is 2. The van der Waals surface area contributed by atoms with Crippen LogP contribution in [0.5, 0.6) is 11.5 Å². The molecule has 0 saturated heterocycles. The number of hydrogen-bond donors (Lipinski definition) is 2. The molecule has 1 aromatic heterocycles. The van der Waals surface area contributed by atoms with Gasteiger partial charge in [0, 0.05) is 24.5 Å². The molecule has 0 saturated carbocycles. The second-order valence-electron chi connectivity index (χ2n) is 7.18. The molecular formula is C22H22N4O4S. The highest BCUT2D eigenvalue weighted by Crippen LogP contribution is 2.32. The highest BCUT2D eigenvalue weighted by molar-refractivity contribution is 7.89. The van der Waals surface area contributed by atoms with E-state index in [0.29, 0.717) is 49.1 Å². The van der Waals surface area contributed by atoms with Crippen molar-refractivity contribution in [3.63, 3.8) is 0 Å². The molecule has 9 heteroatoms. The van der Waals surface area contributed by atoms with Gasteiger partial charge in [-0.05, 0) is 43.7 Å². The summed E-state index contributed by atoms with van der Waals surface area (Å²) in [4.78, 5) is 4.65. The number of hydrogen-bond acceptors (Lipinski definition) is 7. The summed E-state index contributed by atoms with van der Waals surface area (Å²) in [5, 5.41) is 13.5. The van der Waals surface area contributed by atoms with Gasteiger partial charge in [-0.1, -0.05) is 11.6 Å². The Balaban J connectivity index is 1.35. The minimum Gasteiger partial charge on any atom is -0.486 e. The van der Waals surface area contributed by atoms with Crippen LogP contribution in [-0.4, -0.2) is 39.7 Å². The van der Waals surface area contributed by atoms with Gasteiger partial charge in [0.05, 0.1) is 16.0 Å². The summed E-state index contributed by atoms with van der Waals surface area (Å²) in [6, 6.07) is 14.4. The van der Waals surface area contributed by atoms with Crippen LogP contribution >= 0.6 is 0 Å². The Kier molecular flexibility index (Phi) is 5.93. The number of rotatable bonds is 7. The molecule has 0 bridgehead atoms. The molecule has 3 aromatic rings. The Labute approximate surface area is 180 Å². The van der Waals surface area contributed by atoms with Gasteiger partial charge in [0.15, 0.2) is 11.5 Å². The molecule has 31 heavy (non-hydrogen) atoms. The fourth-order valence-electron chi connectivity index (χ4n) is 3.29. The number of sulfonamides is 1. The van der Waals surface area contributed by atoms with Crippen LogP contribution in [0.15, 0.2) is 47.4 Å². The molecule has 0 fully saturated rings. The number of pyridine rings is 1. The monoisotopic (exact) mass is 438 g/mol. The number of ether oxygens (including phenoxy) is 2. The summed E-state index contributed by atoms with van der Waals surface area (Å²) in [6.45, 7) is 3.52. The molecule has 0 aliphatic carbocycles. The van der Waals surface area contributed by atoms with E-state index in [2.05, 4.69) is 21.1 Å². The Morgan fingerprint density at radius 1 is 1.06 bits per heavy atom. The van der Waals surface area contributed by atoms with E-state index in [9.17, 15) is 13.7 Å². The van der Waals surface area contributed by atoms with Crippen LogP contribution in [0.2, 0.25) is 0 Å². The fourth-order valence-corrected chi connectivity index (χ4v) is 4.38. The molecule has 0 spiro atoms. The maximum atomic E-state index is 12.5. The minimum atomic E-state index is -3.67. The van der Waals surface area contributed by atoms with Crippen molar-refractivity contribution in [2.45, 2.75) is 18.2 Å². The zero-order valence-corrected chi connectivity index (χ0v) is 17.8. The Bertz CT molecular complexity index is 1270. The van der Waals surface area contributed by atoms with E-state index in [4.69, 9.17) is 9.47 Å². The highest BCUT2D eigenvalue weighted by Gasteiger charge is 2.19. The first-order valence-corrected chi connectivity index (χ1v) is 11.4. The van der Waals surface area contributed by atoms with Gasteiger partial charge in [0.25, 0.3) is 0 Å². The normalized spacial score (nSPS) is 13.0. The minimum absolute atomic E-state index is 0.128. The van der Waals surface area contributed by atoms with Crippen molar-refractivity contribution in [3.05, 3.63) is 53.6 Å². The van der Waals surface area contributed by atoms with Crippen molar-refractivity contribution in [1.29, 1.82) is 5.26 Å². The van der Waals surface area contributed by atoms with E-state index < -0.39 is 10.0 Å². The van der Waals surface area contributed by atoms with E-state index >= 15 is 0 Å². The van der Waals surface area contributed by atoms with Crippen LogP contribution in [0, 0.1) is 18.3 Å². The lowest BCUT2D eigenvalue weighted by Gasteiger charge is -2.19. The van der Waals surface area contributed by atoms with Crippen LogP contribution in [-0.2, 0) is 10.0 Å². The van der Waals surface area contributed by atoms with Gasteiger partial charge in [-0.15, -0.1) is 0 Å². The van der Waals surface area contributed by atoms with Crippen molar-refractivity contribution in [3.8, 4) is 17.6 Å². The average Bonchev–Trinajstić information content (AvgIpc) is 2.78. The maximum absolute atomic E-state index is 12.5. The summed E-state index contributed by atoms with van der Waals surface area (Å²) >= 11 is 0. The molecule has 2 N–H and O–H groups in total. The van der Waals surface area contributed by atoms with Crippen LogP contribution in [0.1, 0.15) is 17.5 Å². The topological polar surface area (TPSA) is 113 Å². The number of nitriles is 1. The SMILES string of the molecule is Cc1ccc2nc(NCCCNS(=O)(=O)c3ccc4c(c3)OCCO4)c(C#N)cc2c1. The molecule has 160 valence electrons. The molecule has 0 atom stereocenters. The molecule has 0 unspecified atom stereocenters. The van der Waals surface area contributed by atoms with E-state index in [0.717, 1.165) is 16.5 Å². The number of aromatic nitrogens is 1. The third-order valence-corrected chi connectivity index (χ3v) is 6.31. The molecule has 2 heterocycles. The number of benzene rings is 2. The van der Waals surface area contributed by atoms with Crippen LogP contribution in [0.25, 0.3) is 10.9 Å². The van der Waals surface area contributed by atoms with Crippen LogP contribution < -0.4 is 19.5 Å². The first-order valence-electron chi connectivity index (χ1n) is 9.91. The molecule has 0 radical (unpaired) electrons. The first-order chi connectivity index (χ1) is 15.0. The second kappa shape index (κ2) is 8.79. The van der Waals surface area contributed by atoms with Gasteiger partial charge in [-0.25, -0.2) is 18.1 Å². The zero-order valence-electron chi connectivity index (χ0n) is 17.0. The quantitative estimate of drug-likeness (QED) is 0.545. The van der Waals surface area contributed by atoms with E-state index in [-0.39, 0.29) is 11.4 Å². The lowest BCUT2D eigenvalue weighted by atomic mass is 10.1. The van der Waals surface area contributed by atoms with Crippen molar-refractivity contribution >= 4 is 26.7 Å². The summed E-state index contributed by atoms with van der Waals surface area (Å²) in [5.41, 5.74) is 2.35. The largest absolute Gasteiger partial charge is 0.486 e. The number of aryl methyl sites for hydroxylation is 1. The van der Waals surface area contributed by atoms with Gasteiger partial charge in [-0.3, -0.25) is 0 Å². The highest BCUT2D eigenvalue weighted by atomic mass is 32.2. The van der Waals surface area contributed by atoms with E-state index in [1.807, 2.05) is 31.2 Å². The van der Waals surface area contributed by atoms with Gasteiger partial charge in [-0.2, -0.15) is 5.26 Å². The fraction of sp³-hybridized carbons (Fsp3) is 0.273. The van der Waals surface area contributed by atoms with Crippen molar-refractivity contribution in [1.82, 2.24) is 9.71 Å². The maximum Gasteiger partial charge on any atom is 0.240 e. The summed E-state index contributed by atoms with van der Waals surface area (Å²) in [5.74, 6) is 1.46. The molecule has 1 aliphatic rings. The van der Waals surface area contributed by atoms with Crippen molar-refractivity contribution in [2.24, 2.45) is 0 Å². The summed E-state index contributed by atoms with van der Waals surface area (Å²) < 4.78 is 38.5. The van der Waals surface area contributed by atoms with Crippen LogP contribution in [0.3, 0.4) is 0 Å². The van der Waals surface area contributed by atoms with Crippen molar-refractivity contribution < 1.29 is 17.9 Å². The van der Waals surface area contributed by atoms with Crippen LogP contribution in [0.4, 0.5) is 5.82 Å². The molecule has 1 aliphatic heterocycles. The van der Waals surface area contributed by atoms with Gasteiger partial charge >= 0.3 is 0 Å². The average molecular weight is 439 g/mol. The standard InChI is InChI=1S/C22H22N4O4S/c1-15-3-5-19-16(11-15)12-17(14-23)22(26-19)24-7-2-8-25-31(27,28)18-4-6-20-21(13-18)30-10-9-29-20/h3-6,11-13,25H,2,7-10H2,1H3,(H,24,26). The third kappa shape index (κ3) is 4.71. The number of nitrogens with zero attached hydrogens (tertiary/aromatic N) is 2. The summed E-state index contributed by atoms with van der Waals surface area (Å²) in [7, 11) is -3.67.